The number of nitrogens with one attached hydrogen (secondary N) is 1. The van der Waals surface area contributed by atoms with Crippen LogP contribution >= 0.6 is 15.9 Å². The fraction of sp³-hybridized carbons (Fsp3) is 0.833. The van der Waals surface area contributed by atoms with E-state index in [1.165, 1.54) is 4.68 Å². The van der Waals surface area contributed by atoms with E-state index in [1.54, 1.807) is 11.4 Å². The topological polar surface area (TPSA) is 80.1 Å². The van der Waals surface area contributed by atoms with Gasteiger partial charge in [-0.3, -0.25) is 0 Å². The van der Waals surface area contributed by atoms with Gasteiger partial charge in [0.1, 0.15) is 0 Å². The lowest BCUT2D eigenvalue weighted by Crippen LogP contribution is -2.43. The summed E-state index contributed by atoms with van der Waals surface area (Å²) >= 11 is 3.19. The Morgan fingerprint density at radius 1 is 1.43 bits per heavy atom. The molecule has 1 N–H and O–H groups in total. The zero-order chi connectivity index (χ0) is 15.6. The highest BCUT2D eigenvalue weighted by Crippen LogP contribution is 2.26. The quantitative estimate of drug-likeness (QED) is 0.824. The minimum Gasteiger partial charge on any atom is -0.317 e. The van der Waals surface area contributed by atoms with Crippen LogP contribution in [0.2, 0.25) is 0 Å². The predicted octanol–water partition coefficient (Wildman–Crippen LogP) is 0.976. The Labute approximate surface area is 134 Å². The van der Waals surface area contributed by atoms with Crippen molar-refractivity contribution in [3.05, 3.63) is 4.60 Å². The molecule has 0 unspecified atom stereocenters. The van der Waals surface area contributed by atoms with Gasteiger partial charge in [0, 0.05) is 19.6 Å². The standard InChI is InChI=1S/C12H22BrN5O2S/c1-9(2)18(8-10-4-6-14-7-5-10)21(19,20)12-11(13)15-16-17(12)3/h9-10,14H,4-8H2,1-3H3. The summed E-state index contributed by atoms with van der Waals surface area (Å²) in [5, 5.41) is 11.0. The monoisotopic (exact) mass is 379 g/mol. The minimum atomic E-state index is -3.61. The number of rotatable bonds is 5. The van der Waals surface area contributed by atoms with Crippen molar-refractivity contribution in [3.8, 4) is 0 Å². The third-order valence-corrected chi connectivity index (χ3v) is 6.69. The highest BCUT2D eigenvalue weighted by atomic mass is 79.9. The van der Waals surface area contributed by atoms with Gasteiger partial charge < -0.3 is 5.32 Å². The molecule has 0 saturated carbocycles. The molecular formula is C12H22BrN5O2S. The molecule has 2 heterocycles. The summed E-state index contributed by atoms with van der Waals surface area (Å²) in [6.07, 6.45) is 2.01. The van der Waals surface area contributed by atoms with Gasteiger partial charge in [0.05, 0.1) is 0 Å². The Kier molecular flexibility index (Phi) is 5.39. The molecule has 1 aromatic heterocycles. The molecule has 0 spiro atoms. The van der Waals surface area contributed by atoms with Gasteiger partial charge in [-0.25, -0.2) is 13.1 Å². The second-order valence-electron chi connectivity index (χ2n) is 5.67. The lowest BCUT2D eigenvalue weighted by molar-refractivity contribution is 0.259. The molecule has 0 bridgehead atoms. The van der Waals surface area contributed by atoms with Crippen molar-refractivity contribution in [2.24, 2.45) is 13.0 Å². The first-order valence-corrected chi connectivity index (χ1v) is 9.35. The normalized spacial score (nSPS) is 17.8. The maximum Gasteiger partial charge on any atom is 0.263 e. The third kappa shape index (κ3) is 3.64. The van der Waals surface area contributed by atoms with Gasteiger partial charge in [0.15, 0.2) is 4.60 Å². The van der Waals surface area contributed by atoms with Gasteiger partial charge in [0.2, 0.25) is 5.03 Å². The fourth-order valence-corrected chi connectivity index (χ4v) is 5.36. The van der Waals surface area contributed by atoms with Crippen molar-refractivity contribution >= 4 is 26.0 Å². The molecule has 120 valence electrons. The molecule has 1 saturated heterocycles. The van der Waals surface area contributed by atoms with Crippen molar-refractivity contribution in [3.63, 3.8) is 0 Å². The van der Waals surface area contributed by atoms with E-state index in [1.807, 2.05) is 13.8 Å². The summed E-state index contributed by atoms with van der Waals surface area (Å²) < 4.78 is 29.0. The van der Waals surface area contributed by atoms with Crippen LogP contribution in [0, 0.1) is 5.92 Å². The van der Waals surface area contributed by atoms with Crippen LogP contribution in [-0.4, -0.2) is 53.4 Å². The van der Waals surface area contributed by atoms with E-state index in [4.69, 9.17) is 0 Å². The van der Waals surface area contributed by atoms with Gasteiger partial charge in [-0.15, -0.1) is 5.10 Å². The first kappa shape index (κ1) is 16.9. The maximum absolute atomic E-state index is 12.9. The highest BCUT2D eigenvalue weighted by molar-refractivity contribution is 9.10. The smallest absolute Gasteiger partial charge is 0.263 e. The predicted molar refractivity (Wildman–Crippen MR) is 83.3 cm³/mol. The first-order valence-electron chi connectivity index (χ1n) is 7.11. The van der Waals surface area contributed by atoms with Crippen molar-refractivity contribution in [1.82, 2.24) is 24.6 Å². The van der Waals surface area contributed by atoms with Crippen molar-refractivity contribution in [2.75, 3.05) is 19.6 Å². The molecule has 21 heavy (non-hydrogen) atoms. The Morgan fingerprint density at radius 3 is 2.52 bits per heavy atom. The van der Waals surface area contributed by atoms with E-state index in [2.05, 4.69) is 31.6 Å². The molecule has 0 aromatic carbocycles. The van der Waals surface area contributed by atoms with Crippen LogP contribution < -0.4 is 5.32 Å². The zero-order valence-electron chi connectivity index (χ0n) is 12.6. The molecule has 0 radical (unpaired) electrons. The average Bonchev–Trinajstić information content (AvgIpc) is 2.76. The van der Waals surface area contributed by atoms with E-state index < -0.39 is 10.0 Å². The highest BCUT2D eigenvalue weighted by Gasteiger charge is 2.34. The van der Waals surface area contributed by atoms with Gasteiger partial charge in [0.25, 0.3) is 10.0 Å². The number of aryl methyl sites for hydroxylation is 1. The van der Waals surface area contributed by atoms with E-state index in [9.17, 15) is 8.42 Å². The van der Waals surface area contributed by atoms with Crippen LogP contribution in [-0.2, 0) is 17.1 Å². The molecule has 0 atom stereocenters. The number of nitrogens with zero attached hydrogens (tertiary/aromatic N) is 4. The fourth-order valence-electron chi connectivity index (χ4n) is 2.61. The Bertz CT molecular complexity index is 561. The summed E-state index contributed by atoms with van der Waals surface area (Å²) in [7, 11) is -2.02. The number of piperidine rings is 1. The molecule has 1 fully saturated rings. The second-order valence-corrected chi connectivity index (χ2v) is 8.23. The maximum atomic E-state index is 12.9. The number of hydrogen-bond acceptors (Lipinski definition) is 5. The average molecular weight is 380 g/mol. The van der Waals surface area contributed by atoms with Crippen LogP contribution in [0.3, 0.4) is 0 Å². The number of halogens is 1. The molecule has 1 aliphatic heterocycles. The van der Waals surface area contributed by atoms with Crippen molar-refractivity contribution in [2.45, 2.75) is 37.8 Å². The molecular weight excluding hydrogens is 358 g/mol. The number of sulfonamides is 1. The van der Waals surface area contributed by atoms with E-state index >= 15 is 0 Å². The number of hydrogen-bond donors (Lipinski definition) is 1. The lowest BCUT2D eigenvalue weighted by atomic mass is 9.98. The molecule has 1 aromatic rings. The third-order valence-electron chi connectivity index (χ3n) is 3.76. The SMILES string of the molecule is CC(C)N(CC1CCNCC1)S(=O)(=O)c1c(Br)nnn1C. The Hall–Kier alpha value is -0.510. The summed E-state index contributed by atoms with van der Waals surface area (Å²) in [6, 6.07) is -0.105. The van der Waals surface area contributed by atoms with Crippen molar-refractivity contribution in [1.29, 1.82) is 0 Å². The number of aromatic nitrogens is 3. The van der Waals surface area contributed by atoms with Crippen LogP contribution in [0.4, 0.5) is 0 Å². The zero-order valence-corrected chi connectivity index (χ0v) is 15.0. The molecule has 7 nitrogen and oxygen atoms in total. The van der Waals surface area contributed by atoms with Crippen LogP contribution in [0.25, 0.3) is 0 Å². The summed E-state index contributed by atoms with van der Waals surface area (Å²) in [4.78, 5) is 0. The van der Waals surface area contributed by atoms with E-state index in [-0.39, 0.29) is 15.7 Å². The minimum absolute atomic E-state index is 0.105. The molecule has 2 rings (SSSR count). The molecule has 1 aliphatic rings. The summed E-state index contributed by atoms with van der Waals surface area (Å²) in [5.74, 6) is 0.392. The van der Waals surface area contributed by atoms with Crippen LogP contribution in [0.15, 0.2) is 9.63 Å². The molecule has 9 heteroatoms. The van der Waals surface area contributed by atoms with Gasteiger partial charge in [-0.1, -0.05) is 5.21 Å². The largest absolute Gasteiger partial charge is 0.317 e. The summed E-state index contributed by atoms with van der Waals surface area (Å²) in [6.45, 7) is 6.24. The van der Waals surface area contributed by atoms with E-state index in [0.29, 0.717) is 12.5 Å². The summed E-state index contributed by atoms with van der Waals surface area (Å²) in [5.41, 5.74) is 0. The van der Waals surface area contributed by atoms with Gasteiger partial charge in [-0.2, -0.15) is 4.31 Å². The van der Waals surface area contributed by atoms with Gasteiger partial charge >= 0.3 is 0 Å². The van der Waals surface area contributed by atoms with Crippen LogP contribution in [0.5, 0.6) is 0 Å². The Morgan fingerprint density at radius 2 is 2.05 bits per heavy atom. The second kappa shape index (κ2) is 6.72. The molecule has 0 aliphatic carbocycles. The van der Waals surface area contributed by atoms with Gasteiger partial charge in [-0.05, 0) is 61.6 Å². The lowest BCUT2D eigenvalue weighted by Gasteiger charge is -2.31. The first-order chi connectivity index (χ1) is 9.84. The van der Waals surface area contributed by atoms with E-state index in [0.717, 1.165) is 25.9 Å². The van der Waals surface area contributed by atoms with Crippen LogP contribution in [0.1, 0.15) is 26.7 Å². The Balaban J connectivity index is 2.28. The molecule has 0 amide bonds. The van der Waals surface area contributed by atoms with Crippen molar-refractivity contribution < 1.29 is 8.42 Å².